The Morgan fingerprint density at radius 3 is 2.42 bits per heavy atom. The van der Waals surface area contributed by atoms with Crippen molar-refractivity contribution in [1.29, 1.82) is 0 Å². The molecule has 5 heteroatoms. The molecular weight excluding hydrogens is 324 g/mol. The Kier molecular flexibility index (Phi) is 9.65. The summed E-state index contributed by atoms with van der Waals surface area (Å²) >= 11 is 0. The van der Waals surface area contributed by atoms with E-state index in [1.54, 1.807) is 0 Å². The maximum atomic E-state index is 12.2. The number of aryl methyl sites for hydroxylation is 1. The van der Waals surface area contributed by atoms with Gasteiger partial charge in [0, 0.05) is 24.4 Å². The molecule has 4 nitrogen and oxygen atoms in total. The Morgan fingerprint density at radius 1 is 1.12 bits per heavy atom. The highest BCUT2D eigenvalue weighted by Crippen LogP contribution is 2.11. The molecule has 0 bridgehead atoms. The van der Waals surface area contributed by atoms with Crippen molar-refractivity contribution < 1.29 is 9.59 Å². The summed E-state index contributed by atoms with van der Waals surface area (Å²) in [7, 11) is 0. The highest BCUT2D eigenvalue weighted by Gasteiger charge is 2.16. The molecule has 0 aromatic heterocycles. The molecule has 1 heterocycles. The number of carbonyl (C=O) groups excluding carboxylic acids is 2. The van der Waals surface area contributed by atoms with Crippen molar-refractivity contribution in [3.05, 3.63) is 35.4 Å². The minimum absolute atomic E-state index is 0. The van der Waals surface area contributed by atoms with Crippen LogP contribution in [0.15, 0.2) is 24.3 Å². The smallest absolute Gasteiger partial charge is 0.220 e. The molecule has 1 aliphatic rings. The molecule has 1 aromatic rings. The van der Waals surface area contributed by atoms with Crippen LogP contribution < -0.4 is 10.6 Å². The van der Waals surface area contributed by atoms with Crippen LogP contribution in [0.3, 0.4) is 0 Å². The lowest BCUT2D eigenvalue weighted by Gasteiger charge is -2.23. The minimum atomic E-state index is -0.00943. The molecule has 0 unspecified atom stereocenters. The van der Waals surface area contributed by atoms with Gasteiger partial charge in [0.2, 0.25) is 5.91 Å². The van der Waals surface area contributed by atoms with Gasteiger partial charge in [-0.25, -0.2) is 0 Å². The summed E-state index contributed by atoms with van der Waals surface area (Å²) in [5.74, 6) is 0.0392. The number of benzene rings is 1. The van der Waals surface area contributed by atoms with Crippen molar-refractivity contribution >= 4 is 24.1 Å². The van der Waals surface area contributed by atoms with E-state index in [-0.39, 0.29) is 43.0 Å². The number of Topliss-reactive ketones (excluding diaryl/α,β-unsaturated/α-hetero) is 1. The summed E-state index contributed by atoms with van der Waals surface area (Å²) in [4.78, 5) is 24.1. The maximum absolute atomic E-state index is 12.2. The Labute approximate surface area is 151 Å². The fraction of sp³-hybridized carbons (Fsp3) is 0.579. The van der Waals surface area contributed by atoms with Gasteiger partial charge in [-0.15, -0.1) is 12.4 Å². The molecule has 1 saturated heterocycles. The quantitative estimate of drug-likeness (QED) is 0.706. The average molecular weight is 353 g/mol. The zero-order valence-corrected chi connectivity index (χ0v) is 15.3. The number of piperidine rings is 1. The number of ketones is 1. The highest BCUT2D eigenvalue weighted by atomic mass is 35.5. The maximum Gasteiger partial charge on any atom is 0.220 e. The molecule has 2 rings (SSSR count). The van der Waals surface area contributed by atoms with Crippen LogP contribution in [0.25, 0.3) is 0 Å². The summed E-state index contributed by atoms with van der Waals surface area (Å²) in [5, 5.41) is 6.30. The number of rotatable bonds is 8. The van der Waals surface area contributed by atoms with Crippen molar-refractivity contribution in [2.75, 3.05) is 13.1 Å². The molecule has 0 spiro atoms. The van der Waals surface area contributed by atoms with E-state index >= 15 is 0 Å². The lowest BCUT2D eigenvalue weighted by Crippen LogP contribution is -2.42. The Bertz CT molecular complexity index is 511. The van der Waals surface area contributed by atoms with E-state index in [2.05, 4.69) is 17.6 Å². The Hall–Kier alpha value is -1.39. The normalized spacial score (nSPS) is 14.7. The first kappa shape index (κ1) is 20.7. The van der Waals surface area contributed by atoms with Crippen molar-refractivity contribution in [2.45, 2.75) is 57.9 Å². The van der Waals surface area contributed by atoms with Crippen LogP contribution >= 0.6 is 12.4 Å². The molecular formula is C19H29ClN2O2. The summed E-state index contributed by atoms with van der Waals surface area (Å²) in [6, 6.07) is 8.09. The van der Waals surface area contributed by atoms with E-state index < -0.39 is 0 Å². The number of carbonyl (C=O) groups is 2. The second-order valence-corrected chi connectivity index (χ2v) is 6.32. The van der Waals surface area contributed by atoms with Gasteiger partial charge >= 0.3 is 0 Å². The van der Waals surface area contributed by atoms with Crippen LogP contribution in [-0.2, 0) is 11.2 Å². The van der Waals surface area contributed by atoms with Gasteiger partial charge < -0.3 is 10.6 Å². The van der Waals surface area contributed by atoms with E-state index in [1.165, 1.54) is 18.4 Å². The van der Waals surface area contributed by atoms with E-state index in [0.717, 1.165) is 32.4 Å². The third-order valence-corrected chi connectivity index (χ3v) is 4.38. The summed E-state index contributed by atoms with van der Waals surface area (Å²) < 4.78 is 0. The lowest BCUT2D eigenvalue weighted by molar-refractivity contribution is -0.121. The highest BCUT2D eigenvalue weighted by molar-refractivity contribution is 5.98. The zero-order chi connectivity index (χ0) is 16.5. The van der Waals surface area contributed by atoms with Crippen molar-refractivity contribution in [3.8, 4) is 0 Å². The van der Waals surface area contributed by atoms with Crippen molar-refractivity contribution in [2.24, 2.45) is 0 Å². The molecule has 2 N–H and O–H groups in total. The van der Waals surface area contributed by atoms with Crippen LogP contribution in [0.2, 0.25) is 0 Å². The van der Waals surface area contributed by atoms with Gasteiger partial charge in [0.05, 0.1) is 0 Å². The van der Waals surface area contributed by atoms with Crippen LogP contribution in [0.5, 0.6) is 0 Å². The van der Waals surface area contributed by atoms with Gasteiger partial charge in [-0.05, 0) is 44.3 Å². The second-order valence-electron chi connectivity index (χ2n) is 6.32. The van der Waals surface area contributed by atoms with Crippen LogP contribution in [0, 0.1) is 0 Å². The van der Waals surface area contributed by atoms with Crippen LogP contribution in [-0.4, -0.2) is 30.8 Å². The molecule has 0 radical (unpaired) electrons. The predicted octanol–water partition coefficient (Wildman–Crippen LogP) is 3.28. The topological polar surface area (TPSA) is 58.2 Å². The lowest BCUT2D eigenvalue weighted by atomic mass is 10.0. The standard InChI is InChI=1S/C19H28N2O2.ClH/c1-2-3-4-15-5-7-16(8-6-15)18(22)9-10-19(23)21-17-11-13-20-14-12-17;/h5-8,17,20H,2-4,9-14H2,1H3,(H,21,23);1H. The third-order valence-electron chi connectivity index (χ3n) is 4.38. The van der Waals surface area contributed by atoms with Gasteiger partial charge in [0.1, 0.15) is 0 Å². The molecule has 1 aliphatic heterocycles. The van der Waals surface area contributed by atoms with Gasteiger partial charge in [-0.1, -0.05) is 37.6 Å². The SMILES string of the molecule is CCCCc1ccc(C(=O)CCC(=O)NC2CCNCC2)cc1.Cl. The number of nitrogens with one attached hydrogen (secondary N) is 2. The average Bonchev–Trinajstić information content (AvgIpc) is 2.59. The molecule has 1 aromatic carbocycles. The Morgan fingerprint density at radius 2 is 1.79 bits per heavy atom. The van der Waals surface area contributed by atoms with E-state index in [0.29, 0.717) is 5.56 Å². The first-order valence-corrected chi connectivity index (χ1v) is 8.81. The van der Waals surface area contributed by atoms with Crippen LogP contribution in [0.1, 0.15) is 61.4 Å². The fourth-order valence-electron chi connectivity index (χ4n) is 2.88. The fourth-order valence-corrected chi connectivity index (χ4v) is 2.88. The van der Waals surface area contributed by atoms with Crippen LogP contribution in [0.4, 0.5) is 0 Å². The third kappa shape index (κ3) is 7.02. The number of hydrogen-bond donors (Lipinski definition) is 2. The first-order chi connectivity index (χ1) is 11.2. The first-order valence-electron chi connectivity index (χ1n) is 8.81. The van der Waals surface area contributed by atoms with E-state index in [4.69, 9.17) is 0 Å². The molecule has 1 amide bonds. The molecule has 134 valence electrons. The van der Waals surface area contributed by atoms with Gasteiger partial charge in [-0.2, -0.15) is 0 Å². The summed E-state index contributed by atoms with van der Waals surface area (Å²) in [6.45, 7) is 4.08. The van der Waals surface area contributed by atoms with Gasteiger partial charge in [-0.3, -0.25) is 9.59 Å². The summed E-state index contributed by atoms with van der Waals surface area (Å²) in [6.07, 6.45) is 5.91. The Balaban J connectivity index is 0.00000288. The van der Waals surface area contributed by atoms with Crippen molar-refractivity contribution in [3.63, 3.8) is 0 Å². The number of hydrogen-bond acceptors (Lipinski definition) is 3. The zero-order valence-electron chi connectivity index (χ0n) is 14.5. The molecule has 0 saturated carbocycles. The van der Waals surface area contributed by atoms with Crippen molar-refractivity contribution in [1.82, 2.24) is 10.6 Å². The van der Waals surface area contributed by atoms with E-state index in [9.17, 15) is 9.59 Å². The van der Waals surface area contributed by atoms with E-state index in [1.807, 2.05) is 24.3 Å². The summed E-state index contributed by atoms with van der Waals surface area (Å²) in [5.41, 5.74) is 1.98. The monoisotopic (exact) mass is 352 g/mol. The minimum Gasteiger partial charge on any atom is -0.353 e. The molecule has 0 atom stereocenters. The second kappa shape index (κ2) is 11.2. The number of unbranched alkanes of at least 4 members (excludes halogenated alkanes) is 1. The largest absolute Gasteiger partial charge is 0.353 e. The molecule has 0 aliphatic carbocycles. The molecule has 24 heavy (non-hydrogen) atoms. The van der Waals surface area contributed by atoms with Gasteiger partial charge in [0.25, 0.3) is 0 Å². The van der Waals surface area contributed by atoms with Gasteiger partial charge in [0.15, 0.2) is 5.78 Å². The predicted molar refractivity (Wildman–Crippen MR) is 99.9 cm³/mol. The molecule has 1 fully saturated rings. The number of amides is 1. The number of halogens is 1.